The number of carbonyl (C=O) groups is 2. The number of halogens is 1. The molecule has 1 aliphatic carbocycles. The average molecular weight is 342 g/mol. The SMILES string of the molecule is CNC(=O)c1cc(OC)ccc1NC(=O)[C@@H]1C[C@H]1c1cccc(F)c1. The number of amides is 2. The molecule has 3 rings (SSSR count). The Morgan fingerprint density at radius 1 is 1.20 bits per heavy atom. The van der Waals surface area contributed by atoms with Crippen LogP contribution in [-0.4, -0.2) is 26.0 Å². The average Bonchev–Trinajstić information content (AvgIpc) is 3.42. The normalized spacial score (nSPS) is 18.4. The van der Waals surface area contributed by atoms with E-state index < -0.39 is 0 Å². The summed E-state index contributed by atoms with van der Waals surface area (Å²) in [6.45, 7) is 0. The van der Waals surface area contributed by atoms with Crippen LogP contribution in [0.4, 0.5) is 10.1 Å². The second kappa shape index (κ2) is 6.93. The zero-order valence-electron chi connectivity index (χ0n) is 14.0. The van der Waals surface area contributed by atoms with Gasteiger partial charge in [-0.2, -0.15) is 0 Å². The molecule has 0 aromatic heterocycles. The number of nitrogens with one attached hydrogen (secondary N) is 2. The Kier molecular flexibility index (Phi) is 4.70. The van der Waals surface area contributed by atoms with Crippen LogP contribution < -0.4 is 15.4 Å². The zero-order valence-corrected chi connectivity index (χ0v) is 14.0. The molecule has 0 unspecified atom stereocenters. The predicted octanol–water partition coefficient (Wildman–Crippen LogP) is 2.94. The van der Waals surface area contributed by atoms with Gasteiger partial charge in [0, 0.05) is 13.0 Å². The molecule has 0 radical (unpaired) electrons. The first-order valence-corrected chi connectivity index (χ1v) is 8.00. The molecule has 0 aliphatic heterocycles. The Labute approximate surface area is 145 Å². The van der Waals surface area contributed by atoms with Gasteiger partial charge in [0.1, 0.15) is 11.6 Å². The van der Waals surface area contributed by atoms with Crippen LogP contribution in [0.5, 0.6) is 5.75 Å². The van der Waals surface area contributed by atoms with E-state index in [4.69, 9.17) is 4.74 Å². The van der Waals surface area contributed by atoms with E-state index in [0.717, 1.165) is 5.56 Å². The number of hydrogen-bond acceptors (Lipinski definition) is 3. The molecule has 0 spiro atoms. The summed E-state index contributed by atoms with van der Waals surface area (Å²) in [6, 6.07) is 11.2. The highest BCUT2D eigenvalue weighted by Gasteiger charge is 2.44. The molecule has 130 valence electrons. The van der Waals surface area contributed by atoms with Crippen molar-refractivity contribution < 1.29 is 18.7 Å². The molecule has 1 aliphatic rings. The molecule has 25 heavy (non-hydrogen) atoms. The second-order valence-electron chi connectivity index (χ2n) is 5.98. The van der Waals surface area contributed by atoms with Gasteiger partial charge in [0.25, 0.3) is 5.91 Å². The van der Waals surface area contributed by atoms with E-state index >= 15 is 0 Å². The van der Waals surface area contributed by atoms with Crippen molar-refractivity contribution in [1.29, 1.82) is 0 Å². The van der Waals surface area contributed by atoms with Crippen LogP contribution >= 0.6 is 0 Å². The Morgan fingerprint density at radius 2 is 2.00 bits per heavy atom. The van der Waals surface area contributed by atoms with Gasteiger partial charge in [-0.05, 0) is 48.2 Å². The minimum atomic E-state index is -0.313. The summed E-state index contributed by atoms with van der Waals surface area (Å²) in [4.78, 5) is 24.5. The molecule has 2 atom stereocenters. The molecule has 0 bridgehead atoms. The van der Waals surface area contributed by atoms with Crippen molar-refractivity contribution in [2.45, 2.75) is 12.3 Å². The van der Waals surface area contributed by atoms with Crippen molar-refractivity contribution >= 4 is 17.5 Å². The first kappa shape index (κ1) is 17.0. The molecule has 2 aromatic rings. The third kappa shape index (κ3) is 3.63. The number of methoxy groups -OCH3 is 1. The number of rotatable bonds is 5. The molecular weight excluding hydrogens is 323 g/mol. The highest BCUT2D eigenvalue weighted by atomic mass is 19.1. The molecule has 0 saturated heterocycles. The van der Waals surface area contributed by atoms with E-state index in [2.05, 4.69) is 10.6 Å². The largest absolute Gasteiger partial charge is 0.497 e. The number of ether oxygens (including phenoxy) is 1. The van der Waals surface area contributed by atoms with E-state index in [9.17, 15) is 14.0 Å². The summed E-state index contributed by atoms with van der Waals surface area (Å²) in [5, 5.41) is 5.35. The number of carbonyl (C=O) groups excluding carboxylic acids is 2. The molecule has 1 fully saturated rings. The van der Waals surface area contributed by atoms with Gasteiger partial charge in [-0.1, -0.05) is 12.1 Å². The topological polar surface area (TPSA) is 67.4 Å². The minimum absolute atomic E-state index is 0.0115. The zero-order chi connectivity index (χ0) is 18.0. The highest BCUT2D eigenvalue weighted by molar-refractivity contribution is 6.05. The summed E-state index contributed by atoms with van der Waals surface area (Å²) >= 11 is 0. The van der Waals surface area contributed by atoms with Crippen LogP contribution in [0.3, 0.4) is 0 Å². The van der Waals surface area contributed by atoms with Crippen molar-refractivity contribution in [3.63, 3.8) is 0 Å². The Bertz CT molecular complexity index is 822. The Hall–Kier alpha value is -2.89. The van der Waals surface area contributed by atoms with Crippen molar-refractivity contribution in [1.82, 2.24) is 5.32 Å². The van der Waals surface area contributed by atoms with Crippen LogP contribution in [0.1, 0.15) is 28.3 Å². The minimum Gasteiger partial charge on any atom is -0.497 e. The maximum Gasteiger partial charge on any atom is 0.253 e. The standard InChI is InChI=1S/C19H19FN2O3/c1-21-18(23)16-9-13(25-2)6-7-17(16)22-19(24)15-10-14(15)11-4-3-5-12(20)8-11/h3-9,14-15H,10H2,1-2H3,(H,21,23)(H,22,24)/t14-,15+/m0/s1. The lowest BCUT2D eigenvalue weighted by Gasteiger charge is -2.12. The lowest BCUT2D eigenvalue weighted by molar-refractivity contribution is -0.117. The highest BCUT2D eigenvalue weighted by Crippen LogP contribution is 2.48. The van der Waals surface area contributed by atoms with E-state index in [0.29, 0.717) is 23.4 Å². The van der Waals surface area contributed by atoms with Gasteiger partial charge < -0.3 is 15.4 Å². The fraction of sp³-hybridized carbons (Fsp3) is 0.263. The van der Waals surface area contributed by atoms with Crippen LogP contribution in [0.25, 0.3) is 0 Å². The molecule has 1 saturated carbocycles. The third-order valence-corrected chi connectivity index (χ3v) is 4.36. The fourth-order valence-corrected chi connectivity index (χ4v) is 2.90. The fourth-order valence-electron chi connectivity index (χ4n) is 2.90. The van der Waals surface area contributed by atoms with Crippen molar-refractivity contribution in [2.24, 2.45) is 5.92 Å². The van der Waals surface area contributed by atoms with Gasteiger partial charge in [0.15, 0.2) is 0 Å². The molecule has 2 N–H and O–H groups in total. The molecule has 5 nitrogen and oxygen atoms in total. The van der Waals surface area contributed by atoms with Crippen LogP contribution in [-0.2, 0) is 4.79 Å². The van der Waals surface area contributed by atoms with E-state index in [1.807, 2.05) is 6.07 Å². The Balaban J connectivity index is 1.75. The molecule has 6 heteroatoms. The van der Waals surface area contributed by atoms with Gasteiger partial charge in [0.2, 0.25) is 5.91 Å². The summed E-state index contributed by atoms with van der Waals surface area (Å²) in [7, 11) is 3.03. The van der Waals surface area contributed by atoms with Gasteiger partial charge >= 0.3 is 0 Å². The first-order valence-electron chi connectivity index (χ1n) is 8.00. The lowest BCUT2D eigenvalue weighted by Crippen LogP contribution is -2.22. The van der Waals surface area contributed by atoms with Gasteiger partial charge in [0.05, 0.1) is 18.4 Å². The predicted molar refractivity (Wildman–Crippen MR) is 92.3 cm³/mol. The first-order chi connectivity index (χ1) is 12.0. The van der Waals surface area contributed by atoms with Crippen LogP contribution in [0.15, 0.2) is 42.5 Å². The van der Waals surface area contributed by atoms with E-state index in [1.165, 1.54) is 26.3 Å². The molecule has 2 amide bonds. The maximum atomic E-state index is 13.3. The molecule has 2 aromatic carbocycles. The van der Waals surface area contributed by atoms with Crippen LogP contribution in [0.2, 0.25) is 0 Å². The van der Waals surface area contributed by atoms with Gasteiger partial charge in [-0.15, -0.1) is 0 Å². The summed E-state index contributed by atoms with van der Waals surface area (Å²) in [5.74, 6) is -0.476. The monoisotopic (exact) mass is 342 g/mol. The molecule has 0 heterocycles. The van der Waals surface area contributed by atoms with Crippen molar-refractivity contribution in [3.8, 4) is 5.75 Å². The second-order valence-corrected chi connectivity index (χ2v) is 5.98. The number of anilines is 1. The summed E-state index contributed by atoms with van der Waals surface area (Å²) < 4.78 is 18.5. The lowest BCUT2D eigenvalue weighted by atomic mass is 10.1. The van der Waals surface area contributed by atoms with Crippen LogP contribution in [0, 0.1) is 11.7 Å². The van der Waals surface area contributed by atoms with Gasteiger partial charge in [-0.3, -0.25) is 9.59 Å². The summed E-state index contributed by atoms with van der Waals surface area (Å²) in [6.07, 6.45) is 0.667. The maximum absolute atomic E-state index is 13.3. The summed E-state index contributed by atoms with van der Waals surface area (Å²) in [5.41, 5.74) is 1.58. The smallest absolute Gasteiger partial charge is 0.253 e. The number of hydrogen-bond donors (Lipinski definition) is 2. The van der Waals surface area contributed by atoms with Gasteiger partial charge in [-0.25, -0.2) is 4.39 Å². The quantitative estimate of drug-likeness (QED) is 0.878. The van der Waals surface area contributed by atoms with E-state index in [1.54, 1.807) is 24.3 Å². The van der Waals surface area contributed by atoms with Crippen molar-refractivity contribution in [3.05, 3.63) is 59.4 Å². The Morgan fingerprint density at radius 3 is 2.68 bits per heavy atom. The number of benzene rings is 2. The third-order valence-electron chi connectivity index (χ3n) is 4.36. The van der Waals surface area contributed by atoms with E-state index in [-0.39, 0.29) is 29.5 Å². The van der Waals surface area contributed by atoms with Crippen molar-refractivity contribution in [2.75, 3.05) is 19.5 Å². The molecular formula is C19H19FN2O3.